The highest BCUT2D eigenvalue weighted by Crippen LogP contribution is 2.19. The monoisotopic (exact) mass is 524 g/mol. The van der Waals surface area contributed by atoms with Gasteiger partial charge < -0.3 is 46.1 Å². The van der Waals surface area contributed by atoms with Crippen molar-refractivity contribution in [2.45, 2.75) is 72.0 Å². The lowest BCUT2D eigenvalue weighted by Crippen LogP contribution is -2.31. The quantitative estimate of drug-likeness (QED) is 0.151. The fraction of sp³-hybridized carbons (Fsp3) is 0.652. The highest BCUT2D eigenvalue weighted by molar-refractivity contribution is 5.85. The number of aliphatic hydroxyl groups is 2. The van der Waals surface area contributed by atoms with E-state index in [0.717, 1.165) is 19.3 Å². The van der Waals surface area contributed by atoms with Crippen molar-refractivity contribution in [1.82, 2.24) is 0 Å². The number of amides is 2. The highest BCUT2D eigenvalue weighted by Gasteiger charge is 2.21. The van der Waals surface area contributed by atoms with Gasteiger partial charge in [0, 0.05) is 11.1 Å². The zero-order valence-electron chi connectivity index (χ0n) is 21.9. The number of carbonyl (C=O) groups is 4. The number of primary amides is 2. The third-order valence-electron chi connectivity index (χ3n) is 3.54. The Morgan fingerprint density at radius 2 is 1.25 bits per heavy atom. The fourth-order valence-corrected chi connectivity index (χ4v) is 1.79. The predicted molar refractivity (Wildman–Crippen MR) is 133 cm³/mol. The van der Waals surface area contributed by atoms with E-state index in [1.807, 2.05) is 0 Å². The zero-order chi connectivity index (χ0) is 29.3. The molecule has 212 valence electrons. The molecule has 0 saturated heterocycles. The van der Waals surface area contributed by atoms with Crippen molar-refractivity contribution in [2.75, 3.05) is 26.4 Å². The second-order valence-electron chi connectivity index (χ2n) is 7.90. The maximum Gasteiger partial charge on any atom is 0.405 e. The van der Waals surface area contributed by atoms with Crippen LogP contribution in [0.15, 0.2) is 24.3 Å². The molecule has 0 fully saturated rings. The van der Waals surface area contributed by atoms with E-state index in [2.05, 4.69) is 17.9 Å². The van der Waals surface area contributed by atoms with Crippen LogP contribution in [0.5, 0.6) is 0 Å². The Labute approximate surface area is 212 Å². The molecule has 8 N–H and O–H groups in total. The lowest BCUT2D eigenvalue weighted by Gasteiger charge is -2.24. The van der Waals surface area contributed by atoms with Crippen molar-refractivity contribution in [3.63, 3.8) is 0 Å². The summed E-state index contributed by atoms with van der Waals surface area (Å²) in [5.74, 6) is -1.87. The highest BCUT2D eigenvalue weighted by atomic mass is 16.6. The lowest BCUT2D eigenvalue weighted by molar-refractivity contribution is -0.133. The van der Waals surface area contributed by atoms with Gasteiger partial charge in [0.15, 0.2) is 0 Å². The summed E-state index contributed by atoms with van der Waals surface area (Å²) in [6.45, 7) is 15.3. The second-order valence-corrected chi connectivity index (χ2v) is 7.90. The minimum Gasteiger partial charge on any atom is -0.478 e. The number of carbonyl (C=O) groups excluding carboxylic acids is 2. The minimum absolute atomic E-state index is 0.0278. The van der Waals surface area contributed by atoms with E-state index in [1.165, 1.54) is 13.8 Å². The second kappa shape index (κ2) is 24.9. The number of hydrogen-bond acceptors (Lipinski definition) is 9. The molecule has 0 aromatic rings. The molecule has 1 atom stereocenters. The maximum absolute atomic E-state index is 10.6. The number of rotatable bonds is 13. The van der Waals surface area contributed by atoms with Crippen molar-refractivity contribution in [3.8, 4) is 0 Å². The average Bonchev–Trinajstić information content (AvgIpc) is 2.71. The Kier molecular flexibility index (Phi) is 27.7. The standard InChI is InChI=1S/C11H22N2O4.C4H10O3.2C4H6O2/c1-8(16-9(12)14)6-4-5-7-11(2,3)17-10(13)15;5-1-3-7-4-2-6;2*1-3(2)4(5)6/h8H,4-7H2,1-3H3,(H2,12,14)(H2,13,15);5-6H,1-4H2;2*1H2,2H3,(H,5,6). The number of aliphatic hydroxyl groups excluding tert-OH is 2. The van der Waals surface area contributed by atoms with Crippen LogP contribution in [0, 0.1) is 0 Å². The first-order valence-electron chi connectivity index (χ1n) is 10.9. The van der Waals surface area contributed by atoms with Crippen molar-refractivity contribution in [3.05, 3.63) is 24.3 Å². The van der Waals surface area contributed by atoms with Gasteiger partial charge in [-0.1, -0.05) is 13.2 Å². The van der Waals surface area contributed by atoms with Crippen LogP contribution < -0.4 is 11.5 Å². The summed E-state index contributed by atoms with van der Waals surface area (Å²) in [4.78, 5) is 40.3. The predicted octanol–water partition coefficient (Wildman–Crippen LogP) is 2.19. The minimum atomic E-state index is -0.935. The first kappa shape index (κ1) is 40.0. The number of hydrogen-bond donors (Lipinski definition) is 6. The normalized spacial score (nSPS) is 10.4. The fourth-order valence-electron chi connectivity index (χ4n) is 1.79. The summed E-state index contributed by atoms with van der Waals surface area (Å²) in [7, 11) is 0. The van der Waals surface area contributed by atoms with Gasteiger partial charge in [0.2, 0.25) is 0 Å². The largest absolute Gasteiger partial charge is 0.478 e. The van der Waals surface area contributed by atoms with Gasteiger partial charge in [-0.2, -0.15) is 0 Å². The maximum atomic E-state index is 10.6. The van der Waals surface area contributed by atoms with Crippen LogP contribution in [0.1, 0.15) is 60.3 Å². The molecule has 2 amide bonds. The van der Waals surface area contributed by atoms with Gasteiger partial charge in [-0.3, -0.25) is 0 Å². The summed E-state index contributed by atoms with van der Waals surface area (Å²) in [6.07, 6.45) is 1.45. The van der Waals surface area contributed by atoms with E-state index in [-0.39, 0.29) is 30.5 Å². The number of carboxylic acids is 2. The summed E-state index contributed by atoms with van der Waals surface area (Å²) in [6, 6.07) is 0. The molecule has 0 radical (unpaired) electrons. The smallest absolute Gasteiger partial charge is 0.405 e. The van der Waals surface area contributed by atoms with E-state index < -0.39 is 29.7 Å². The molecule has 0 aliphatic rings. The molecular formula is C23H44N2O11. The summed E-state index contributed by atoms with van der Waals surface area (Å²) < 4.78 is 14.4. The molecule has 0 rings (SSSR count). The molecule has 1 unspecified atom stereocenters. The molecule has 13 heteroatoms. The Balaban J connectivity index is -0.000000221. The van der Waals surface area contributed by atoms with Crippen LogP contribution in [0.2, 0.25) is 0 Å². The topological polar surface area (TPSA) is 229 Å². The Bertz CT molecular complexity index is 612. The van der Waals surface area contributed by atoms with Gasteiger partial charge in [0.05, 0.1) is 26.4 Å². The van der Waals surface area contributed by atoms with E-state index in [0.29, 0.717) is 19.6 Å². The number of nitrogens with two attached hydrogens (primary N) is 2. The van der Waals surface area contributed by atoms with E-state index >= 15 is 0 Å². The average molecular weight is 525 g/mol. The van der Waals surface area contributed by atoms with Crippen LogP contribution in [-0.4, -0.2) is 82.7 Å². The number of aliphatic carboxylic acids is 2. The van der Waals surface area contributed by atoms with Gasteiger partial charge in [0.1, 0.15) is 11.7 Å². The number of carboxylic acid groups (broad SMARTS) is 2. The Hall–Kier alpha value is -3.16. The lowest BCUT2D eigenvalue weighted by atomic mass is 9.99. The van der Waals surface area contributed by atoms with Crippen molar-refractivity contribution >= 4 is 24.1 Å². The van der Waals surface area contributed by atoms with Gasteiger partial charge in [-0.25, -0.2) is 19.2 Å². The van der Waals surface area contributed by atoms with Crippen LogP contribution in [0.4, 0.5) is 9.59 Å². The van der Waals surface area contributed by atoms with Crippen molar-refractivity contribution in [2.24, 2.45) is 11.5 Å². The molecule has 0 bridgehead atoms. The SMILES string of the molecule is C=C(C)C(=O)O.C=C(C)C(=O)O.CC(CCCCC(C)(C)OC(N)=O)OC(N)=O.OCCOCCO. The van der Waals surface area contributed by atoms with Crippen LogP contribution in [0.3, 0.4) is 0 Å². The first-order chi connectivity index (χ1) is 16.4. The molecule has 0 saturated carbocycles. The van der Waals surface area contributed by atoms with Gasteiger partial charge >= 0.3 is 24.1 Å². The third-order valence-corrected chi connectivity index (χ3v) is 3.54. The van der Waals surface area contributed by atoms with Crippen molar-refractivity contribution in [1.29, 1.82) is 0 Å². The Morgan fingerprint density at radius 1 is 0.861 bits per heavy atom. The van der Waals surface area contributed by atoms with Crippen LogP contribution in [0.25, 0.3) is 0 Å². The molecular weight excluding hydrogens is 480 g/mol. The van der Waals surface area contributed by atoms with E-state index in [9.17, 15) is 19.2 Å². The van der Waals surface area contributed by atoms with Gasteiger partial charge in [-0.15, -0.1) is 0 Å². The Morgan fingerprint density at radius 3 is 1.53 bits per heavy atom. The molecule has 36 heavy (non-hydrogen) atoms. The molecule has 0 aromatic heterocycles. The summed E-state index contributed by atoms with van der Waals surface area (Å²) in [5, 5.41) is 32.0. The van der Waals surface area contributed by atoms with E-state index in [4.69, 9.17) is 41.4 Å². The summed E-state index contributed by atoms with van der Waals surface area (Å²) >= 11 is 0. The number of ether oxygens (including phenoxy) is 3. The third kappa shape index (κ3) is 41.1. The first-order valence-corrected chi connectivity index (χ1v) is 10.9. The van der Waals surface area contributed by atoms with Crippen LogP contribution in [-0.2, 0) is 23.8 Å². The molecule has 0 aromatic carbocycles. The van der Waals surface area contributed by atoms with Crippen LogP contribution >= 0.6 is 0 Å². The zero-order valence-corrected chi connectivity index (χ0v) is 21.9. The van der Waals surface area contributed by atoms with E-state index in [1.54, 1.807) is 20.8 Å². The molecule has 0 aliphatic carbocycles. The molecule has 0 spiro atoms. The van der Waals surface area contributed by atoms with Gasteiger partial charge in [-0.05, 0) is 60.3 Å². The molecule has 0 heterocycles. The number of unbranched alkanes of at least 4 members (excludes halogenated alkanes) is 1. The van der Waals surface area contributed by atoms with Gasteiger partial charge in [0.25, 0.3) is 0 Å². The molecule has 0 aliphatic heterocycles. The summed E-state index contributed by atoms with van der Waals surface area (Å²) in [5.41, 5.74) is 9.64. The molecule has 13 nitrogen and oxygen atoms in total. The van der Waals surface area contributed by atoms with Crippen molar-refractivity contribution < 1.29 is 53.8 Å².